The number of carbonyl (C=O) groups is 2. The molecule has 2 aromatic carbocycles. The highest BCUT2D eigenvalue weighted by Gasteiger charge is 2.18. The monoisotopic (exact) mass is 384 g/mol. The Hall–Kier alpha value is -3.85. The Bertz CT molecular complexity index is 1120. The number of hydroxylamine groups is 1. The molecule has 144 valence electrons. The minimum absolute atomic E-state index is 0.0231. The molecule has 3 aromatic rings. The van der Waals surface area contributed by atoms with E-state index in [0.717, 1.165) is 0 Å². The van der Waals surface area contributed by atoms with Crippen molar-refractivity contribution >= 4 is 28.5 Å². The van der Waals surface area contributed by atoms with E-state index < -0.39 is 17.4 Å². The highest BCUT2D eigenvalue weighted by Crippen LogP contribution is 2.31. The Kier molecular flexibility index (Phi) is 5.28. The van der Waals surface area contributed by atoms with Gasteiger partial charge in [-0.1, -0.05) is 12.1 Å². The minimum Gasteiger partial charge on any atom is -0.493 e. The summed E-state index contributed by atoms with van der Waals surface area (Å²) in [5.74, 6) is -0.804. The Labute approximate surface area is 158 Å². The summed E-state index contributed by atoms with van der Waals surface area (Å²) in [6.45, 7) is 0. The third-order valence-corrected chi connectivity index (χ3v) is 4.00. The molecule has 3 rings (SSSR count). The fourth-order valence-corrected chi connectivity index (χ4v) is 2.64. The Morgan fingerprint density at radius 2 is 1.64 bits per heavy atom. The van der Waals surface area contributed by atoms with E-state index in [-0.39, 0.29) is 22.4 Å². The summed E-state index contributed by atoms with van der Waals surface area (Å²) >= 11 is 0. The number of methoxy groups -OCH3 is 2. The van der Waals surface area contributed by atoms with Crippen molar-refractivity contribution in [3.05, 3.63) is 64.0 Å². The van der Waals surface area contributed by atoms with Crippen LogP contribution in [0.15, 0.2) is 51.7 Å². The average molecular weight is 384 g/mol. The standard InChI is InChI=1S/C19H16N2O7/c1-26-15-8-10-7-12(19(24)28-14(10)9-16(15)27-2)17(22)20-13-6-4-3-5-11(13)18(23)21-25/h3-9,25H,1-2H3,(H,20,22)(H,21,23). The maximum absolute atomic E-state index is 12.6. The predicted octanol–water partition coefficient (Wildman–Crippen LogP) is 2.18. The summed E-state index contributed by atoms with van der Waals surface area (Å²) in [6.07, 6.45) is 0. The van der Waals surface area contributed by atoms with E-state index in [4.69, 9.17) is 19.1 Å². The minimum atomic E-state index is -0.860. The lowest BCUT2D eigenvalue weighted by Gasteiger charge is -2.11. The van der Waals surface area contributed by atoms with E-state index in [9.17, 15) is 14.4 Å². The van der Waals surface area contributed by atoms with Crippen LogP contribution in [0.4, 0.5) is 5.69 Å². The lowest BCUT2D eigenvalue weighted by molar-refractivity contribution is 0.0707. The second kappa shape index (κ2) is 7.80. The van der Waals surface area contributed by atoms with Crippen LogP contribution in [-0.2, 0) is 0 Å². The van der Waals surface area contributed by atoms with Crippen LogP contribution >= 0.6 is 0 Å². The molecule has 0 aliphatic carbocycles. The zero-order chi connectivity index (χ0) is 20.3. The molecular formula is C19H16N2O7. The molecule has 0 aliphatic heterocycles. The molecule has 0 saturated carbocycles. The molecule has 0 spiro atoms. The first kappa shape index (κ1) is 18.9. The van der Waals surface area contributed by atoms with Crippen molar-refractivity contribution < 1.29 is 28.7 Å². The molecule has 9 heteroatoms. The molecule has 0 saturated heterocycles. The molecule has 1 heterocycles. The van der Waals surface area contributed by atoms with Crippen LogP contribution in [0.5, 0.6) is 11.5 Å². The Balaban J connectivity index is 2.02. The smallest absolute Gasteiger partial charge is 0.349 e. The third-order valence-electron chi connectivity index (χ3n) is 4.00. The van der Waals surface area contributed by atoms with Gasteiger partial charge in [0, 0.05) is 11.5 Å². The van der Waals surface area contributed by atoms with Gasteiger partial charge in [-0.05, 0) is 24.3 Å². The van der Waals surface area contributed by atoms with Gasteiger partial charge in [0.25, 0.3) is 11.8 Å². The zero-order valence-corrected chi connectivity index (χ0v) is 14.9. The molecule has 2 amide bonds. The normalized spacial score (nSPS) is 10.4. The van der Waals surface area contributed by atoms with Crippen LogP contribution in [0.3, 0.4) is 0 Å². The third kappa shape index (κ3) is 3.51. The molecule has 0 radical (unpaired) electrons. The number of carbonyl (C=O) groups excluding carboxylic acids is 2. The molecule has 9 nitrogen and oxygen atoms in total. The molecule has 0 aliphatic rings. The van der Waals surface area contributed by atoms with Gasteiger partial charge in [0.1, 0.15) is 11.1 Å². The lowest BCUT2D eigenvalue weighted by atomic mass is 10.1. The van der Waals surface area contributed by atoms with Crippen molar-refractivity contribution in [1.82, 2.24) is 5.48 Å². The number of anilines is 1. The second-order valence-corrected chi connectivity index (χ2v) is 5.63. The van der Waals surface area contributed by atoms with Crippen LogP contribution in [0.25, 0.3) is 11.0 Å². The molecule has 0 unspecified atom stereocenters. The number of hydrogen-bond acceptors (Lipinski definition) is 7. The van der Waals surface area contributed by atoms with Crippen LogP contribution in [0, 0.1) is 0 Å². The first-order chi connectivity index (χ1) is 13.5. The number of para-hydroxylation sites is 1. The van der Waals surface area contributed by atoms with E-state index in [1.54, 1.807) is 18.2 Å². The fourth-order valence-electron chi connectivity index (χ4n) is 2.64. The molecule has 0 atom stereocenters. The van der Waals surface area contributed by atoms with Gasteiger partial charge in [-0.3, -0.25) is 14.8 Å². The number of hydrogen-bond donors (Lipinski definition) is 3. The number of rotatable bonds is 5. The molecule has 0 fully saturated rings. The summed E-state index contributed by atoms with van der Waals surface area (Å²) in [5.41, 5.74) is 0.734. The summed E-state index contributed by atoms with van der Waals surface area (Å²) < 4.78 is 15.6. The van der Waals surface area contributed by atoms with Crippen LogP contribution in [0.2, 0.25) is 0 Å². The van der Waals surface area contributed by atoms with Crippen LogP contribution in [-0.4, -0.2) is 31.2 Å². The van der Waals surface area contributed by atoms with Crippen molar-refractivity contribution in [2.75, 3.05) is 19.5 Å². The molecule has 3 N–H and O–H groups in total. The highest BCUT2D eigenvalue weighted by molar-refractivity contribution is 6.09. The maximum atomic E-state index is 12.6. The van der Waals surface area contributed by atoms with Gasteiger partial charge in [-0.25, -0.2) is 10.3 Å². The summed E-state index contributed by atoms with van der Waals surface area (Å²) in [6, 6.07) is 10.4. The van der Waals surface area contributed by atoms with Gasteiger partial charge in [-0.2, -0.15) is 0 Å². The van der Waals surface area contributed by atoms with E-state index in [1.165, 1.54) is 44.0 Å². The maximum Gasteiger partial charge on any atom is 0.349 e. The Morgan fingerprint density at radius 1 is 0.964 bits per heavy atom. The van der Waals surface area contributed by atoms with Gasteiger partial charge in [-0.15, -0.1) is 0 Å². The number of amides is 2. The second-order valence-electron chi connectivity index (χ2n) is 5.63. The number of fused-ring (bicyclic) bond motifs is 1. The van der Waals surface area contributed by atoms with Crippen molar-refractivity contribution in [3.63, 3.8) is 0 Å². The summed E-state index contributed by atoms with van der Waals surface area (Å²) in [4.78, 5) is 36.6. The summed E-state index contributed by atoms with van der Waals surface area (Å²) in [7, 11) is 2.91. The molecule has 1 aromatic heterocycles. The van der Waals surface area contributed by atoms with Gasteiger partial charge in [0.2, 0.25) is 0 Å². The topological polar surface area (TPSA) is 127 Å². The van der Waals surface area contributed by atoms with Crippen LogP contribution in [0.1, 0.15) is 20.7 Å². The lowest BCUT2D eigenvalue weighted by Crippen LogP contribution is -2.24. The van der Waals surface area contributed by atoms with E-state index >= 15 is 0 Å². The van der Waals surface area contributed by atoms with Crippen molar-refractivity contribution in [1.29, 1.82) is 0 Å². The van der Waals surface area contributed by atoms with E-state index in [2.05, 4.69) is 5.32 Å². The fraction of sp³-hybridized carbons (Fsp3) is 0.105. The quantitative estimate of drug-likeness (QED) is 0.349. The van der Waals surface area contributed by atoms with E-state index in [1.807, 2.05) is 0 Å². The Morgan fingerprint density at radius 3 is 2.32 bits per heavy atom. The van der Waals surface area contributed by atoms with Gasteiger partial charge in [0.05, 0.1) is 25.5 Å². The van der Waals surface area contributed by atoms with Gasteiger partial charge >= 0.3 is 5.63 Å². The highest BCUT2D eigenvalue weighted by atomic mass is 16.5. The zero-order valence-electron chi connectivity index (χ0n) is 14.9. The average Bonchev–Trinajstić information content (AvgIpc) is 2.71. The molecule has 0 bridgehead atoms. The summed E-state index contributed by atoms with van der Waals surface area (Å²) in [5, 5.41) is 11.7. The van der Waals surface area contributed by atoms with Crippen LogP contribution < -0.4 is 25.9 Å². The first-order valence-electron chi connectivity index (χ1n) is 8.03. The number of ether oxygens (including phenoxy) is 2. The van der Waals surface area contributed by atoms with Crippen molar-refractivity contribution in [2.45, 2.75) is 0 Å². The van der Waals surface area contributed by atoms with Gasteiger partial charge < -0.3 is 19.2 Å². The number of benzene rings is 2. The molecule has 28 heavy (non-hydrogen) atoms. The van der Waals surface area contributed by atoms with Gasteiger partial charge in [0.15, 0.2) is 11.5 Å². The van der Waals surface area contributed by atoms with Crippen molar-refractivity contribution in [3.8, 4) is 11.5 Å². The largest absolute Gasteiger partial charge is 0.493 e. The SMILES string of the molecule is COc1cc2cc(C(=O)Nc3ccccc3C(=O)NO)c(=O)oc2cc1OC. The molecular weight excluding hydrogens is 368 g/mol. The first-order valence-corrected chi connectivity index (χ1v) is 8.03. The van der Waals surface area contributed by atoms with Crippen molar-refractivity contribution in [2.24, 2.45) is 0 Å². The number of nitrogens with one attached hydrogen (secondary N) is 2. The predicted molar refractivity (Wildman–Crippen MR) is 99.2 cm³/mol. The van der Waals surface area contributed by atoms with E-state index in [0.29, 0.717) is 16.9 Å².